The summed E-state index contributed by atoms with van der Waals surface area (Å²) in [6, 6.07) is 0.513. The maximum atomic E-state index is 11.9. The lowest BCUT2D eigenvalue weighted by Gasteiger charge is -2.67. The summed E-state index contributed by atoms with van der Waals surface area (Å²) in [7, 11) is 0. The van der Waals surface area contributed by atoms with Crippen LogP contribution < -0.4 is 5.73 Å². The molecule has 0 unspecified atom stereocenters. The molecule has 4 fully saturated rings. The third-order valence-corrected chi connectivity index (χ3v) is 9.35. The summed E-state index contributed by atoms with van der Waals surface area (Å²) in [4.78, 5) is 14.6. The largest absolute Gasteiger partial charge is 0.396 e. The molecule has 4 heteroatoms. The first kappa shape index (κ1) is 17.2. The molecule has 0 radical (unpaired) electrons. The van der Waals surface area contributed by atoms with Crippen molar-refractivity contribution in [1.82, 2.24) is 4.90 Å². The highest BCUT2D eigenvalue weighted by molar-refractivity contribution is 5.73. The molecule has 0 aromatic rings. The molecule has 2 aliphatic heterocycles. The van der Waals surface area contributed by atoms with Crippen LogP contribution in [0.5, 0.6) is 0 Å². The van der Waals surface area contributed by atoms with Crippen LogP contribution in [0.15, 0.2) is 11.6 Å². The number of carbonyl (C=O) groups excluding carboxylic acids is 1. The first-order valence-electron chi connectivity index (χ1n) is 10.9. The average molecular weight is 359 g/mol. The van der Waals surface area contributed by atoms with Crippen molar-refractivity contribution in [2.75, 3.05) is 19.7 Å². The van der Waals surface area contributed by atoms with Crippen LogP contribution in [0.25, 0.3) is 0 Å². The molecular weight excluding hydrogens is 324 g/mol. The molecule has 0 aromatic carbocycles. The van der Waals surface area contributed by atoms with Crippen LogP contribution in [-0.4, -0.2) is 41.7 Å². The first-order chi connectivity index (χ1) is 12.5. The molecule has 26 heavy (non-hydrogen) atoms. The standard InChI is InChI=1S/C22H34N2O2/c1-14-11-24-12-16-6-5-15-3-2-4-18(15)22(10-8-19(23)26)20(24)17(14)7-9-21(16,22)13-25/h4,14-17,20,25H,2-3,5-13H2,1H3,(H2,23,26)/t14-,15-,16-,17-,20+,21-,22+/m0/s1. The van der Waals surface area contributed by atoms with Gasteiger partial charge in [0.2, 0.25) is 5.91 Å². The maximum absolute atomic E-state index is 11.9. The van der Waals surface area contributed by atoms with Crippen molar-refractivity contribution in [3.8, 4) is 0 Å². The van der Waals surface area contributed by atoms with Gasteiger partial charge in [0.25, 0.3) is 0 Å². The van der Waals surface area contributed by atoms with E-state index in [-0.39, 0.29) is 23.3 Å². The van der Waals surface area contributed by atoms with Gasteiger partial charge in [-0.25, -0.2) is 0 Å². The minimum atomic E-state index is -0.178. The van der Waals surface area contributed by atoms with E-state index in [1.807, 2.05) is 0 Å². The third kappa shape index (κ3) is 1.95. The number of piperidine rings is 1. The zero-order chi connectivity index (χ0) is 18.1. The van der Waals surface area contributed by atoms with Crippen molar-refractivity contribution in [2.24, 2.45) is 40.2 Å². The van der Waals surface area contributed by atoms with Gasteiger partial charge in [-0.3, -0.25) is 9.69 Å². The van der Waals surface area contributed by atoms with Gasteiger partial charge in [0.1, 0.15) is 0 Å². The van der Waals surface area contributed by atoms with Gasteiger partial charge in [-0.05, 0) is 68.6 Å². The molecule has 0 aromatic heterocycles. The fourth-order valence-corrected chi connectivity index (χ4v) is 8.52. The molecule has 2 saturated carbocycles. The predicted molar refractivity (Wildman–Crippen MR) is 101 cm³/mol. The predicted octanol–water partition coefficient (Wildman–Crippen LogP) is 2.71. The Morgan fingerprint density at radius 3 is 2.92 bits per heavy atom. The molecule has 7 atom stereocenters. The van der Waals surface area contributed by atoms with Gasteiger partial charge in [-0.1, -0.05) is 18.6 Å². The minimum Gasteiger partial charge on any atom is -0.396 e. The highest BCUT2D eigenvalue weighted by Gasteiger charge is 2.71. The zero-order valence-electron chi connectivity index (χ0n) is 16.1. The summed E-state index contributed by atoms with van der Waals surface area (Å²) in [6.45, 7) is 5.06. The summed E-state index contributed by atoms with van der Waals surface area (Å²) < 4.78 is 0. The highest BCUT2D eigenvalue weighted by Crippen LogP contribution is 2.72. The number of nitrogens with zero attached hydrogens (tertiary/aromatic N) is 1. The zero-order valence-corrected chi connectivity index (χ0v) is 16.1. The van der Waals surface area contributed by atoms with Crippen LogP contribution in [0.4, 0.5) is 0 Å². The molecule has 5 rings (SSSR count). The Bertz CT molecular complexity index is 646. The Morgan fingerprint density at radius 2 is 2.15 bits per heavy atom. The molecule has 5 aliphatic rings. The van der Waals surface area contributed by atoms with E-state index in [9.17, 15) is 9.90 Å². The Kier molecular flexibility index (Phi) is 3.85. The smallest absolute Gasteiger partial charge is 0.217 e. The second-order valence-electron chi connectivity index (χ2n) is 10.0. The lowest BCUT2D eigenvalue weighted by Crippen LogP contribution is -2.69. The second kappa shape index (κ2) is 5.81. The van der Waals surface area contributed by atoms with Crippen molar-refractivity contribution in [3.05, 3.63) is 11.6 Å². The van der Waals surface area contributed by atoms with Crippen molar-refractivity contribution < 1.29 is 9.90 Å². The van der Waals surface area contributed by atoms with E-state index in [4.69, 9.17) is 5.73 Å². The summed E-state index contributed by atoms with van der Waals surface area (Å²) in [5.74, 6) is 2.50. The van der Waals surface area contributed by atoms with Crippen LogP contribution in [-0.2, 0) is 4.79 Å². The lowest BCUT2D eigenvalue weighted by molar-refractivity contribution is -0.174. The molecule has 4 nitrogen and oxygen atoms in total. The topological polar surface area (TPSA) is 66.6 Å². The Hall–Kier alpha value is -0.870. The normalized spacial score (nSPS) is 49.5. The van der Waals surface area contributed by atoms with Crippen LogP contribution in [0, 0.1) is 34.5 Å². The molecule has 144 valence electrons. The average Bonchev–Trinajstić information content (AvgIpc) is 3.20. The van der Waals surface area contributed by atoms with Crippen LogP contribution in [0.3, 0.4) is 0 Å². The Balaban J connectivity index is 1.73. The van der Waals surface area contributed by atoms with Gasteiger partial charge in [0.15, 0.2) is 0 Å². The van der Waals surface area contributed by atoms with Gasteiger partial charge in [-0.15, -0.1) is 0 Å². The van der Waals surface area contributed by atoms with Crippen molar-refractivity contribution in [1.29, 1.82) is 0 Å². The monoisotopic (exact) mass is 358 g/mol. The quantitative estimate of drug-likeness (QED) is 0.760. The van der Waals surface area contributed by atoms with Crippen molar-refractivity contribution in [3.63, 3.8) is 0 Å². The summed E-state index contributed by atoms with van der Waals surface area (Å²) in [5.41, 5.74) is 7.24. The van der Waals surface area contributed by atoms with E-state index in [1.54, 1.807) is 5.57 Å². The number of aliphatic hydroxyl groups excluding tert-OH is 1. The van der Waals surface area contributed by atoms with Gasteiger partial charge >= 0.3 is 0 Å². The van der Waals surface area contributed by atoms with Gasteiger partial charge in [0, 0.05) is 43.0 Å². The summed E-state index contributed by atoms with van der Waals surface area (Å²) in [6.07, 6.45) is 11.2. The number of nitrogens with two attached hydrogens (primary N) is 1. The number of hydrogen-bond donors (Lipinski definition) is 2. The van der Waals surface area contributed by atoms with E-state index in [2.05, 4.69) is 17.9 Å². The van der Waals surface area contributed by atoms with E-state index in [1.165, 1.54) is 38.6 Å². The second-order valence-corrected chi connectivity index (χ2v) is 10.0. The maximum Gasteiger partial charge on any atom is 0.217 e. The minimum absolute atomic E-state index is 0.0228. The lowest BCUT2D eigenvalue weighted by atomic mass is 9.42. The molecule has 2 heterocycles. The Labute approximate surface area is 157 Å². The molecule has 3 N–H and O–H groups in total. The number of hydrogen-bond acceptors (Lipinski definition) is 3. The number of amides is 1. The third-order valence-electron chi connectivity index (χ3n) is 9.35. The number of fused-ring (bicyclic) bond motifs is 1. The molecule has 2 saturated heterocycles. The number of rotatable bonds is 4. The summed E-state index contributed by atoms with van der Waals surface area (Å²) in [5, 5.41) is 10.9. The molecule has 4 bridgehead atoms. The van der Waals surface area contributed by atoms with Crippen LogP contribution in [0.1, 0.15) is 58.3 Å². The van der Waals surface area contributed by atoms with Gasteiger partial charge < -0.3 is 10.8 Å². The number of primary amides is 1. The van der Waals surface area contributed by atoms with Crippen LogP contribution in [0.2, 0.25) is 0 Å². The van der Waals surface area contributed by atoms with Crippen LogP contribution >= 0.6 is 0 Å². The van der Waals surface area contributed by atoms with Crippen molar-refractivity contribution in [2.45, 2.75) is 64.3 Å². The van der Waals surface area contributed by atoms with E-state index < -0.39 is 0 Å². The molecular formula is C22H34N2O2. The van der Waals surface area contributed by atoms with E-state index in [0.29, 0.717) is 30.2 Å². The number of carbonyl (C=O) groups is 1. The summed E-state index contributed by atoms with van der Waals surface area (Å²) >= 11 is 0. The van der Waals surface area contributed by atoms with Gasteiger partial charge in [0.05, 0.1) is 0 Å². The van der Waals surface area contributed by atoms with Gasteiger partial charge in [-0.2, -0.15) is 0 Å². The highest BCUT2D eigenvalue weighted by atomic mass is 16.3. The fourth-order valence-electron chi connectivity index (χ4n) is 8.52. The SMILES string of the molecule is C[C@H]1CN2C[C@@H]3CC[C@@H]4CCC=C4[C@]4(CCC(N)=O)[C@H]2[C@H]1CC[C@]34CO. The first-order valence-corrected chi connectivity index (χ1v) is 10.9. The molecule has 3 aliphatic carbocycles. The molecule has 1 amide bonds. The fraction of sp³-hybridized carbons (Fsp3) is 0.864. The van der Waals surface area contributed by atoms with E-state index in [0.717, 1.165) is 25.3 Å². The number of allylic oxidation sites excluding steroid dienone is 1. The number of aliphatic hydroxyl groups is 1. The molecule has 0 spiro atoms. The Morgan fingerprint density at radius 1 is 1.31 bits per heavy atom. The van der Waals surface area contributed by atoms with E-state index >= 15 is 0 Å². The van der Waals surface area contributed by atoms with Crippen molar-refractivity contribution >= 4 is 5.91 Å².